The van der Waals surface area contributed by atoms with Gasteiger partial charge in [-0.3, -0.25) is 4.79 Å². The topological polar surface area (TPSA) is 81.7 Å². The first kappa shape index (κ1) is 17.7. The number of nitrogens with zero attached hydrogens (tertiary/aromatic N) is 1. The van der Waals surface area contributed by atoms with Crippen LogP contribution >= 0.6 is 0 Å². The number of likely N-dealkylation sites (N-methyl/N-ethyl adjacent to an activating group) is 1. The summed E-state index contributed by atoms with van der Waals surface area (Å²) >= 11 is 0. The molecule has 19 heavy (non-hydrogen) atoms. The van der Waals surface area contributed by atoms with Crippen LogP contribution in [-0.4, -0.2) is 54.7 Å². The van der Waals surface area contributed by atoms with Crippen molar-refractivity contribution in [2.45, 2.75) is 34.1 Å². The lowest BCUT2D eigenvalue weighted by Gasteiger charge is -2.21. The summed E-state index contributed by atoms with van der Waals surface area (Å²) in [5, 5.41) is 14.2. The Morgan fingerprint density at radius 3 is 2.26 bits per heavy atom. The number of hydrogen-bond acceptors (Lipinski definition) is 3. The molecule has 0 fully saturated rings. The van der Waals surface area contributed by atoms with Crippen LogP contribution in [0.25, 0.3) is 0 Å². The number of rotatable bonds is 9. The lowest BCUT2D eigenvalue weighted by Crippen LogP contribution is -2.45. The summed E-state index contributed by atoms with van der Waals surface area (Å²) in [5.74, 6) is -0.923. The van der Waals surface area contributed by atoms with E-state index in [0.29, 0.717) is 6.54 Å². The quantitative estimate of drug-likeness (QED) is 0.588. The van der Waals surface area contributed by atoms with Gasteiger partial charge in [-0.1, -0.05) is 13.8 Å². The second-order valence-corrected chi connectivity index (χ2v) is 5.23. The number of amides is 2. The van der Waals surface area contributed by atoms with Gasteiger partial charge in [-0.25, -0.2) is 4.79 Å². The smallest absolute Gasteiger partial charge is 0.314 e. The van der Waals surface area contributed by atoms with Crippen molar-refractivity contribution in [2.75, 3.05) is 32.7 Å². The van der Waals surface area contributed by atoms with Gasteiger partial charge < -0.3 is 20.6 Å². The molecule has 0 unspecified atom stereocenters. The molecule has 0 saturated carbocycles. The third kappa shape index (κ3) is 7.66. The van der Waals surface area contributed by atoms with Gasteiger partial charge in [0.1, 0.15) is 0 Å². The average molecular weight is 273 g/mol. The van der Waals surface area contributed by atoms with Crippen molar-refractivity contribution in [1.29, 1.82) is 0 Å². The van der Waals surface area contributed by atoms with Crippen molar-refractivity contribution < 1.29 is 14.7 Å². The normalized spacial score (nSPS) is 11.4. The van der Waals surface area contributed by atoms with Crippen LogP contribution in [0.4, 0.5) is 4.79 Å². The predicted octanol–water partition coefficient (Wildman–Crippen LogP) is 1.13. The number of nitrogens with one attached hydrogen (secondary N) is 2. The molecule has 3 N–H and O–H groups in total. The van der Waals surface area contributed by atoms with Gasteiger partial charge in [0.15, 0.2) is 0 Å². The molecule has 0 aromatic carbocycles. The van der Waals surface area contributed by atoms with Crippen LogP contribution < -0.4 is 10.6 Å². The fourth-order valence-corrected chi connectivity index (χ4v) is 1.51. The van der Waals surface area contributed by atoms with Gasteiger partial charge in [-0.2, -0.15) is 0 Å². The van der Waals surface area contributed by atoms with E-state index in [1.165, 1.54) is 0 Å². The molecule has 2 amide bonds. The number of carbonyl (C=O) groups is 2. The second-order valence-electron chi connectivity index (χ2n) is 5.23. The Labute approximate surface area is 115 Å². The number of aliphatic carboxylic acids is 1. The minimum atomic E-state index is -0.949. The molecule has 0 aliphatic rings. The molecule has 0 aliphatic heterocycles. The zero-order valence-corrected chi connectivity index (χ0v) is 12.5. The van der Waals surface area contributed by atoms with Gasteiger partial charge in [-0.05, 0) is 33.4 Å². The van der Waals surface area contributed by atoms with Crippen LogP contribution in [0.1, 0.15) is 34.1 Å². The summed E-state index contributed by atoms with van der Waals surface area (Å²) < 4.78 is 0. The molecule has 112 valence electrons. The zero-order valence-electron chi connectivity index (χ0n) is 12.5. The first-order valence-corrected chi connectivity index (χ1v) is 6.81. The SMILES string of the molecule is CCCN(CC)CCNC(=O)NCC(C)(C)C(=O)O. The van der Waals surface area contributed by atoms with E-state index in [9.17, 15) is 9.59 Å². The van der Waals surface area contributed by atoms with Crippen molar-refractivity contribution in [3.05, 3.63) is 0 Å². The molecule has 0 aliphatic carbocycles. The van der Waals surface area contributed by atoms with Crippen LogP contribution in [0.3, 0.4) is 0 Å². The summed E-state index contributed by atoms with van der Waals surface area (Å²) in [7, 11) is 0. The second kappa shape index (κ2) is 8.74. The number of urea groups is 1. The minimum absolute atomic E-state index is 0.112. The Balaban J connectivity index is 3.85. The molecule has 6 nitrogen and oxygen atoms in total. The number of carbonyl (C=O) groups excluding carboxylic acids is 1. The van der Waals surface area contributed by atoms with E-state index < -0.39 is 11.4 Å². The summed E-state index contributed by atoms with van der Waals surface area (Å²) in [4.78, 5) is 24.6. The standard InChI is InChI=1S/C13H27N3O3/c1-5-8-16(6-2)9-7-14-12(19)15-10-13(3,4)11(17)18/h5-10H2,1-4H3,(H,17,18)(H2,14,15,19). The summed E-state index contributed by atoms with van der Waals surface area (Å²) in [6.45, 7) is 10.8. The molecule has 0 spiro atoms. The Morgan fingerprint density at radius 1 is 1.16 bits per heavy atom. The van der Waals surface area contributed by atoms with E-state index in [-0.39, 0.29) is 12.6 Å². The van der Waals surface area contributed by atoms with E-state index in [1.54, 1.807) is 13.8 Å². The van der Waals surface area contributed by atoms with E-state index in [1.807, 2.05) is 0 Å². The molecule has 0 aromatic heterocycles. The molecular weight excluding hydrogens is 246 g/mol. The van der Waals surface area contributed by atoms with Crippen LogP contribution in [0, 0.1) is 5.41 Å². The van der Waals surface area contributed by atoms with Gasteiger partial charge in [0.05, 0.1) is 5.41 Å². The Hall–Kier alpha value is -1.30. The maximum atomic E-state index is 11.5. The highest BCUT2D eigenvalue weighted by atomic mass is 16.4. The molecule has 0 rings (SSSR count). The highest BCUT2D eigenvalue weighted by Gasteiger charge is 2.27. The predicted molar refractivity (Wildman–Crippen MR) is 75.2 cm³/mol. The Morgan fingerprint density at radius 2 is 1.79 bits per heavy atom. The lowest BCUT2D eigenvalue weighted by molar-refractivity contribution is -0.146. The number of carboxylic acid groups (broad SMARTS) is 1. The van der Waals surface area contributed by atoms with Gasteiger partial charge in [0.2, 0.25) is 0 Å². The number of hydrogen-bond donors (Lipinski definition) is 3. The third-order valence-corrected chi connectivity index (χ3v) is 2.97. The van der Waals surface area contributed by atoms with E-state index >= 15 is 0 Å². The molecular formula is C13H27N3O3. The van der Waals surface area contributed by atoms with Crippen LogP contribution in [0.5, 0.6) is 0 Å². The first-order chi connectivity index (χ1) is 8.83. The van der Waals surface area contributed by atoms with Crippen molar-refractivity contribution in [1.82, 2.24) is 15.5 Å². The summed E-state index contributed by atoms with van der Waals surface area (Å²) in [6, 6.07) is -0.318. The van der Waals surface area contributed by atoms with Gasteiger partial charge in [0.25, 0.3) is 0 Å². The van der Waals surface area contributed by atoms with Crippen molar-refractivity contribution in [2.24, 2.45) is 5.41 Å². The molecule has 0 saturated heterocycles. The highest BCUT2D eigenvalue weighted by Crippen LogP contribution is 2.12. The van der Waals surface area contributed by atoms with Crippen LogP contribution in [0.15, 0.2) is 0 Å². The fraction of sp³-hybridized carbons (Fsp3) is 0.846. The largest absolute Gasteiger partial charge is 0.481 e. The van der Waals surface area contributed by atoms with Gasteiger partial charge in [-0.15, -0.1) is 0 Å². The highest BCUT2D eigenvalue weighted by molar-refractivity contribution is 5.77. The molecule has 6 heteroatoms. The van der Waals surface area contributed by atoms with E-state index in [4.69, 9.17) is 5.11 Å². The van der Waals surface area contributed by atoms with Gasteiger partial charge in [0, 0.05) is 19.6 Å². The molecule has 0 aromatic rings. The molecule has 0 heterocycles. The average Bonchev–Trinajstić information content (AvgIpc) is 2.35. The van der Waals surface area contributed by atoms with Crippen LogP contribution in [-0.2, 0) is 4.79 Å². The lowest BCUT2D eigenvalue weighted by atomic mass is 9.94. The Bertz CT molecular complexity index is 293. The first-order valence-electron chi connectivity index (χ1n) is 6.81. The maximum absolute atomic E-state index is 11.5. The monoisotopic (exact) mass is 273 g/mol. The summed E-state index contributed by atoms with van der Waals surface area (Å²) in [6.07, 6.45) is 1.09. The Kier molecular flexibility index (Phi) is 8.14. The van der Waals surface area contributed by atoms with Crippen molar-refractivity contribution in [3.63, 3.8) is 0 Å². The molecule has 0 radical (unpaired) electrons. The number of carboxylic acids is 1. The van der Waals surface area contributed by atoms with Crippen molar-refractivity contribution >= 4 is 12.0 Å². The molecule has 0 bridgehead atoms. The minimum Gasteiger partial charge on any atom is -0.481 e. The summed E-state index contributed by atoms with van der Waals surface area (Å²) in [5.41, 5.74) is -0.949. The van der Waals surface area contributed by atoms with E-state index in [2.05, 4.69) is 29.4 Å². The third-order valence-electron chi connectivity index (χ3n) is 2.97. The van der Waals surface area contributed by atoms with E-state index in [0.717, 1.165) is 26.1 Å². The van der Waals surface area contributed by atoms with Crippen LogP contribution in [0.2, 0.25) is 0 Å². The fourth-order valence-electron chi connectivity index (χ4n) is 1.51. The molecule has 0 atom stereocenters. The zero-order chi connectivity index (χ0) is 14.9. The van der Waals surface area contributed by atoms with Gasteiger partial charge >= 0.3 is 12.0 Å². The maximum Gasteiger partial charge on any atom is 0.314 e. The van der Waals surface area contributed by atoms with Crippen molar-refractivity contribution in [3.8, 4) is 0 Å².